The number of sulfonamides is 1. The molecule has 1 aromatic carbocycles. The van der Waals surface area contributed by atoms with Gasteiger partial charge in [0, 0.05) is 17.6 Å². The van der Waals surface area contributed by atoms with Gasteiger partial charge in [0.1, 0.15) is 10.3 Å². The summed E-state index contributed by atoms with van der Waals surface area (Å²) >= 11 is 6.12. The molecule has 3 aromatic rings. The molecule has 2 aliphatic heterocycles. The number of aromatic nitrogens is 1. The van der Waals surface area contributed by atoms with E-state index in [0.29, 0.717) is 31.2 Å². The molecular formula is C22H24BrN3O4S3. The maximum Gasteiger partial charge on any atom is 0.253 e. The summed E-state index contributed by atoms with van der Waals surface area (Å²) in [6, 6.07) is 8.41. The number of anilines is 1. The van der Waals surface area contributed by atoms with Crippen LogP contribution in [0.2, 0.25) is 0 Å². The van der Waals surface area contributed by atoms with E-state index in [2.05, 4.69) is 15.9 Å². The Morgan fingerprint density at radius 3 is 2.88 bits per heavy atom. The van der Waals surface area contributed by atoms with Crippen LogP contribution in [0.3, 0.4) is 0 Å². The number of thiophene rings is 1. The zero-order valence-corrected chi connectivity index (χ0v) is 21.9. The van der Waals surface area contributed by atoms with Gasteiger partial charge in [0.25, 0.3) is 10.0 Å². The Labute approximate surface area is 209 Å². The van der Waals surface area contributed by atoms with Crippen LogP contribution in [0.5, 0.6) is 0 Å². The van der Waals surface area contributed by atoms with Crippen LogP contribution in [-0.4, -0.2) is 55.5 Å². The number of rotatable bonds is 6. The Bertz CT molecular complexity index is 1240. The Morgan fingerprint density at radius 2 is 2.12 bits per heavy atom. The fourth-order valence-corrected chi connectivity index (χ4v) is 8.70. The van der Waals surface area contributed by atoms with Crippen molar-refractivity contribution >= 4 is 69.9 Å². The van der Waals surface area contributed by atoms with E-state index in [0.717, 1.165) is 40.4 Å². The van der Waals surface area contributed by atoms with E-state index >= 15 is 0 Å². The monoisotopic (exact) mass is 569 g/mol. The van der Waals surface area contributed by atoms with Crippen LogP contribution in [-0.2, 0) is 19.6 Å². The second-order valence-electron chi connectivity index (χ2n) is 8.25. The summed E-state index contributed by atoms with van der Waals surface area (Å²) in [7, 11) is -3.74. The van der Waals surface area contributed by atoms with Gasteiger partial charge in [-0.15, -0.1) is 11.3 Å². The summed E-state index contributed by atoms with van der Waals surface area (Å²) in [5.41, 5.74) is 0.815. The van der Waals surface area contributed by atoms with Crippen molar-refractivity contribution in [2.45, 2.75) is 48.5 Å². The topological polar surface area (TPSA) is 79.8 Å². The zero-order chi connectivity index (χ0) is 23.0. The number of carbonyl (C=O) groups excluding carboxylic acids is 1. The lowest BCUT2D eigenvalue weighted by Crippen LogP contribution is -2.54. The average molecular weight is 571 g/mol. The molecule has 2 unspecified atom stereocenters. The van der Waals surface area contributed by atoms with Gasteiger partial charge in [-0.1, -0.05) is 39.8 Å². The van der Waals surface area contributed by atoms with Crippen molar-refractivity contribution in [3.05, 3.63) is 40.2 Å². The molecule has 176 valence electrons. The van der Waals surface area contributed by atoms with Crippen LogP contribution in [0.15, 0.2) is 44.4 Å². The summed E-state index contributed by atoms with van der Waals surface area (Å²) in [6.07, 6.45) is 3.83. The Kier molecular flexibility index (Phi) is 6.88. The van der Waals surface area contributed by atoms with E-state index in [1.165, 1.54) is 27.0 Å². The first-order chi connectivity index (χ1) is 15.9. The van der Waals surface area contributed by atoms with Crippen molar-refractivity contribution in [1.82, 2.24) is 9.29 Å². The van der Waals surface area contributed by atoms with Crippen molar-refractivity contribution in [3.63, 3.8) is 0 Å². The van der Waals surface area contributed by atoms with Crippen LogP contribution in [0.25, 0.3) is 10.2 Å². The van der Waals surface area contributed by atoms with Gasteiger partial charge >= 0.3 is 0 Å². The molecule has 0 bridgehead atoms. The third-order valence-corrected chi connectivity index (χ3v) is 10.9. The molecular weight excluding hydrogens is 546 g/mol. The number of amides is 1. The van der Waals surface area contributed by atoms with Gasteiger partial charge in [-0.05, 0) is 55.3 Å². The molecule has 0 aliphatic carbocycles. The molecule has 0 spiro atoms. The normalized spacial score (nSPS) is 22.1. The lowest BCUT2D eigenvalue weighted by Gasteiger charge is -2.36. The number of fused-ring (bicyclic) bond motifs is 1. The Morgan fingerprint density at radius 1 is 1.24 bits per heavy atom. The number of hydrogen-bond donors (Lipinski definition) is 0. The first kappa shape index (κ1) is 23.4. The third kappa shape index (κ3) is 4.76. The number of hydrogen-bond acceptors (Lipinski definition) is 7. The van der Waals surface area contributed by atoms with Crippen LogP contribution in [0.4, 0.5) is 5.13 Å². The van der Waals surface area contributed by atoms with Gasteiger partial charge < -0.3 is 4.74 Å². The molecule has 11 heteroatoms. The molecule has 0 radical (unpaired) electrons. The van der Waals surface area contributed by atoms with E-state index in [1.54, 1.807) is 22.4 Å². The van der Waals surface area contributed by atoms with Crippen molar-refractivity contribution in [1.29, 1.82) is 0 Å². The van der Waals surface area contributed by atoms with Crippen molar-refractivity contribution < 1.29 is 17.9 Å². The molecule has 2 aromatic heterocycles. The first-order valence-corrected chi connectivity index (χ1v) is 14.9. The van der Waals surface area contributed by atoms with Crippen molar-refractivity contribution in [2.75, 3.05) is 24.6 Å². The van der Waals surface area contributed by atoms with Crippen LogP contribution < -0.4 is 4.90 Å². The number of benzene rings is 1. The van der Waals surface area contributed by atoms with Crippen LogP contribution >= 0.6 is 38.6 Å². The first-order valence-electron chi connectivity index (χ1n) is 11.0. The lowest BCUT2D eigenvalue weighted by molar-refractivity contribution is -0.123. The molecule has 2 atom stereocenters. The molecule has 33 heavy (non-hydrogen) atoms. The fraction of sp³-hybridized carbons (Fsp3) is 0.455. The van der Waals surface area contributed by atoms with Gasteiger partial charge in [-0.3, -0.25) is 9.69 Å². The summed E-state index contributed by atoms with van der Waals surface area (Å²) in [4.78, 5) is 20.4. The summed E-state index contributed by atoms with van der Waals surface area (Å²) in [6.45, 7) is 1.40. The van der Waals surface area contributed by atoms with E-state index < -0.39 is 16.1 Å². The van der Waals surface area contributed by atoms with Crippen LogP contribution in [0, 0.1) is 0 Å². The molecule has 4 heterocycles. The fourth-order valence-electron chi connectivity index (χ4n) is 4.40. The second-order valence-corrected chi connectivity index (χ2v) is 13.2. The Hall–Kier alpha value is -1.37. The predicted molar refractivity (Wildman–Crippen MR) is 134 cm³/mol. The minimum absolute atomic E-state index is 0.0707. The highest BCUT2D eigenvalue weighted by molar-refractivity contribution is 9.10. The summed E-state index contributed by atoms with van der Waals surface area (Å²) in [5.74, 6) is -0.219. The minimum Gasteiger partial charge on any atom is -0.376 e. The van der Waals surface area contributed by atoms with Gasteiger partial charge in [-0.25, -0.2) is 13.4 Å². The molecule has 0 N–H and O–H groups in total. The number of ether oxygens (including phenoxy) is 1. The highest BCUT2D eigenvalue weighted by atomic mass is 79.9. The van der Waals surface area contributed by atoms with E-state index in [9.17, 15) is 13.2 Å². The smallest absolute Gasteiger partial charge is 0.253 e. The maximum atomic E-state index is 14.0. The van der Waals surface area contributed by atoms with Gasteiger partial charge in [0.2, 0.25) is 5.91 Å². The molecule has 5 rings (SSSR count). The molecule has 7 nitrogen and oxygen atoms in total. The highest BCUT2D eigenvalue weighted by Gasteiger charge is 2.41. The zero-order valence-electron chi connectivity index (χ0n) is 17.9. The van der Waals surface area contributed by atoms with Gasteiger partial charge in [0.15, 0.2) is 5.13 Å². The number of piperidine rings is 1. The standard InChI is InChI=1S/C22H24BrN3O4S3/c23-15-8-9-17-19(13-15)32-22(24-17)25(14-16-5-3-11-30-16)21(27)18-6-1-2-10-26(18)33(28,29)20-7-4-12-31-20/h4,7-9,12-13,16,18H,1-3,5-6,10-11,14H2. The van der Waals surface area contributed by atoms with Crippen LogP contribution in [0.1, 0.15) is 32.1 Å². The number of thiazole rings is 1. The largest absolute Gasteiger partial charge is 0.376 e. The quantitative estimate of drug-likeness (QED) is 0.423. The molecule has 2 aliphatic rings. The Balaban J connectivity index is 1.50. The third-order valence-electron chi connectivity index (χ3n) is 6.04. The minimum atomic E-state index is -3.74. The summed E-state index contributed by atoms with van der Waals surface area (Å²) in [5, 5.41) is 2.33. The summed E-state index contributed by atoms with van der Waals surface area (Å²) < 4.78 is 36.2. The predicted octanol–water partition coefficient (Wildman–Crippen LogP) is 4.88. The molecule has 0 saturated carbocycles. The molecule has 2 saturated heterocycles. The molecule has 2 fully saturated rings. The van der Waals surface area contributed by atoms with Crippen molar-refractivity contribution in [3.8, 4) is 0 Å². The van der Waals surface area contributed by atoms with E-state index in [1.807, 2.05) is 18.2 Å². The SMILES string of the molecule is O=C(C1CCCCN1S(=O)(=O)c1cccs1)N(CC1CCCO1)c1nc2ccc(Br)cc2s1. The van der Waals surface area contributed by atoms with Crippen molar-refractivity contribution in [2.24, 2.45) is 0 Å². The highest BCUT2D eigenvalue weighted by Crippen LogP contribution is 2.34. The molecule has 1 amide bonds. The van der Waals surface area contributed by atoms with E-state index in [4.69, 9.17) is 9.72 Å². The number of halogens is 1. The second kappa shape index (κ2) is 9.71. The lowest BCUT2D eigenvalue weighted by atomic mass is 10.0. The van der Waals surface area contributed by atoms with Gasteiger partial charge in [0.05, 0.1) is 22.9 Å². The van der Waals surface area contributed by atoms with Gasteiger partial charge in [-0.2, -0.15) is 4.31 Å². The van der Waals surface area contributed by atoms with E-state index in [-0.39, 0.29) is 16.2 Å². The number of carbonyl (C=O) groups is 1. The average Bonchev–Trinajstić information content (AvgIpc) is 3.58. The number of nitrogens with zero attached hydrogens (tertiary/aromatic N) is 3. The maximum absolute atomic E-state index is 14.0.